The largest absolute Gasteiger partial charge is 0.506 e. The molecule has 0 saturated heterocycles. The molecule has 0 aliphatic carbocycles. The molecule has 0 fully saturated rings. The van der Waals surface area contributed by atoms with Crippen molar-refractivity contribution in [2.24, 2.45) is 0 Å². The lowest BCUT2D eigenvalue weighted by atomic mass is 10.0. The lowest BCUT2D eigenvalue weighted by Gasteiger charge is -2.15. The van der Waals surface area contributed by atoms with Gasteiger partial charge in [-0.1, -0.05) is 60.7 Å². The molecule has 23 heavy (non-hydrogen) atoms. The summed E-state index contributed by atoms with van der Waals surface area (Å²) in [7, 11) is 1.80. The number of para-hydroxylation sites is 2. The van der Waals surface area contributed by atoms with E-state index in [2.05, 4.69) is 5.32 Å². The molecule has 0 saturated carbocycles. The fourth-order valence-corrected chi connectivity index (χ4v) is 2.58. The van der Waals surface area contributed by atoms with E-state index in [0.29, 0.717) is 12.3 Å². The molecule has 0 amide bonds. The Hall–Kier alpha value is -2.94. The van der Waals surface area contributed by atoms with Crippen molar-refractivity contribution in [3.8, 4) is 22.6 Å². The van der Waals surface area contributed by atoms with Crippen molar-refractivity contribution < 1.29 is 9.84 Å². The highest BCUT2D eigenvalue weighted by Gasteiger charge is 2.12. The third-order valence-corrected chi connectivity index (χ3v) is 3.71. The summed E-state index contributed by atoms with van der Waals surface area (Å²) in [5, 5.41) is 13.1. The number of rotatable bonds is 5. The molecule has 3 nitrogen and oxygen atoms in total. The number of benzene rings is 3. The zero-order valence-electron chi connectivity index (χ0n) is 13.0. The van der Waals surface area contributed by atoms with Crippen LogP contribution in [0, 0.1) is 0 Å². The summed E-state index contributed by atoms with van der Waals surface area (Å²) in [6.45, 7) is 0.506. The number of hydrogen-bond acceptors (Lipinski definition) is 3. The van der Waals surface area contributed by atoms with Crippen molar-refractivity contribution in [2.75, 3.05) is 12.4 Å². The second-order valence-corrected chi connectivity index (χ2v) is 5.22. The van der Waals surface area contributed by atoms with Crippen molar-refractivity contribution in [3.05, 3.63) is 78.4 Å². The van der Waals surface area contributed by atoms with Gasteiger partial charge in [0.1, 0.15) is 18.1 Å². The fraction of sp³-hybridized carbons (Fsp3) is 0.100. The van der Waals surface area contributed by atoms with Crippen molar-refractivity contribution in [1.82, 2.24) is 0 Å². The van der Waals surface area contributed by atoms with Gasteiger partial charge in [-0.25, -0.2) is 0 Å². The highest BCUT2D eigenvalue weighted by atomic mass is 16.5. The maximum absolute atomic E-state index is 10.0. The van der Waals surface area contributed by atoms with Crippen LogP contribution in [0.2, 0.25) is 0 Å². The van der Waals surface area contributed by atoms with Crippen molar-refractivity contribution in [1.29, 1.82) is 0 Å². The minimum atomic E-state index is 0.225. The van der Waals surface area contributed by atoms with Gasteiger partial charge in [-0.15, -0.1) is 0 Å². The SMILES string of the molecule is CNc1c(O)cccc1-c1ccccc1OCc1ccccc1. The molecule has 3 aromatic carbocycles. The van der Waals surface area contributed by atoms with Crippen molar-refractivity contribution in [2.45, 2.75) is 6.61 Å². The third kappa shape index (κ3) is 3.29. The van der Waals surface area contributed by atoms with E-state index in [1.807, 2.05) is 66.7 Å². The molecule has 0 heterocycles. The Kier molecular flexibility index (Phi) is 4.48. The molecule has 3 heteroatoms. The number of ether oxygens (including phenoxy) is 1. The lowest BCUT2D eigenvalue weighted by molar-refractivity contribution is 0.307. The zero-order chi connectivity index (χ0) is 16.1. The van der Waals surface area contributed by atoms with Gasteiger partial charge < -0.3 is 15.2 Å². The average molecular weight is 305 g/mol. The number of hydrogen-bond donors (Lipinski definition) is 2. The summed E-state index contributed by atoms with van der Waals surface area (Å²) in [5.74, 6) is 1.02. The molecule has 0 aromatic heterocycles. The minimum absolute atomic E-state index is 0.225. The lowest BCUT2D eigenvalue weighted by Crippen LogP contribution is -1.98. The number of nitrogens with one attached hydrogen (secondary N) is 1. The monoisotopic (exact) mass is 305 g/mol. The molecule has 3 aromatic rings. The van der Waals surface area contributed by atoms with E-state index in [4.69, 9.17) is 4.74 Å². The third-order valence-electron chi connectivity index (χ3n) is 3.71. The molecular formula is C20H19NO2. The first-order valence-corrected chi connectivity index (χ1v) is 7.55. The topological polar surface area (TPSA) is 41.5 Å². The van der Waals surface area contributed by atoms with E-state index >= 15 is 0 Å². The van der Waals surface area contributed by atoms with E-state index in [9.17, 15) is 5.11 Å². The molecule has 3 rings (SSSR count). The minimum Gasteiger partial charge on any atom is -0.506 e. The molecule has 0 unspecified atom stereocenters. The fourth-order valence-electron chi connectivity index (χ4n) is 2.58. The van der Waals surface area contributed by atoms with Crippen LogP contribution in [0.1, 0.15) is 5.56 Å². The standard InChI is InChI=1S/C20H19NO2/c1-21-20-17(11-7-12-18(20)22)16-10-5-6-13-19(16)23-14-15-8-3-2-4-9-15/h2-13,21-22H,14H2,1H3. The summed E-state index contributed by atoms with van der Waals surface area (Å²) in [4.78, 5) is 0. The van der Waals surface area contributed by atoms with Crippen LogP contribution in [-0.4, -0.2) is 12.2 Å². The van der Waals surface area contributed by atoms with Crippen LogP contribution in [-0.2, 0) is 6.61 Å². The van der Waals surface area contributed by atoms with E-state index in [1.165, 1.54) is 0 Å². The number of phenols is 1. The highest BCUT2D eigenvalue weighted by Crippen LogP contribution is 2.39. The Labute approximate surface area is 136 Å². The molecular weight excluding hydrogens is 286 g/mol. The molecule has 0 atom stereocenters. The zero-order valence-corrected chi connectivity index (χ0v) is 13.0. The van der Waals surface area contributed by atoms with E-state index in [-0.39, 0.29) is 5.75 Å². The molecule has 0 aliphatic heterocycles. The number of anilines is 1. The van der Waals surface area contributed by atoms with E-state index in [0.717, 1.165) is 22.4 Å². The van der Waals surface area contributed by atoms with Crippen LogP contribution in [0.5, 0.6) is 11.5 Å². The van der Waals surface area contributed by atoms with Crippen LogP contribution < -0.4 is 10.1 Å². The Morgan fingerprint density at radius 2 is 1.52 bits per heavy atom. The summed E-state index contributed by atoms with van der Waals surface area (Å²) < 4.78 is 6.01. The normalized spacial score (nSPS) is 10.3. The number of phenolic OH excluding ortho intramolecular Hbond substituents is 1. The summed E-state index contributed by atoms with van der Waals surface area (Å²) in [6, 6.07) is 23.4. The Balaban J connectivity index is 1.94. The van der Waals surface area contributed by atoms with E-state index < -0.39 is 0 Å². The summed E-state index contributed by atoms with van der Waals surface area (Å²) in [6.07, 6.45) is 0. The van der Waals surface area contributed by atoms with Gasteiger partial charge in [0.05, 0.1) is 5.69 Å². The Morgan fingerprint density at radius 1 is 0.826 bits per heavy atom. The molecule has 0 bridgehead atoms. The molecule has 0 spiro atoms. The predicted octanol–water partition coefficient (Wildman–Crippen LogP) is 4.68. The van der Waals surface area contributed by atoms with Crippen molar-refractivity contribution >= 4 is 5.69 Å². The molecule has 116 valence electrons. The van der Waals surface area contributed by atoms with Gasteiger partial charge >= 0.3 is 0 Å². The number of aromatic hydroxyl groups is 1. The van der Waals surface area contributed by atoms with Gasteiger partial charge in [0, 0.05) is 18.2 Å². The van der Waals surface area contributed by atoms with Crippen LogP contribution in [0.3, 0.4) is 0 Å². The summed E-state index contributed by atoms with van der Waals surface area (Å²) in [5.41, 5.74) is 3.68. The van der Waals surface area contributed by atoms with E-state index in [1.54, 1.807) is 13.1 Å². The molecule has 0 radical (unpaired) electrons. The van der Waals surface area contributed by atoms with Gasteiger partial charge in [0.25, 0.3) is 0 Å². The maximum Gasteiger partial charge on any atom is 0.139 e. The first-order valence-electron chi connectivity index (χ1n) is 7.55. The van der Waals surface area contributed by atoms with Crippen LogP contribution in [0.25, 0.3) is 11.1 Å². The average Bonchev–Trinajstić information content (AvgIpc) is 2.61. The van der Waals surface area contributed by atoms with Crippen LogP contribution in [0.15, 0.2) is 72.8 Å². The van der Waals surface area contributed by atoms with Gasteiger partial charge in [-0.2, -0.15) is 0 Å². The van der Waals surface area contributed by atoms with Gasteiger partial charge in [-0.3, -0.25) is 0 Å². The Bertz CT molecular complexity index is 785. The Morgan fingerprint density at radius 3 is 2.30 bits per heavy atom. The quantitative estimate of drug-likeness (QED) is 0.672. The highest BCUT2D eigenvalue weighted by molar-refractivity contribution is 5.84. The first-order chi connectivity index (χ1) is 11.3. The van der Waals surface area contributed by atoms with Gasteiger partial charge in [0.2, 0.25) is 0 Å². The smallest absolute Gasteiger partial charge is 0.139 e. The van der Waals surface area contributed by atoms with Crippen LogP contribution >= 0.6 is 0 Å². The summed E-state index contributed by atoms with van der Waals surface area (Å²) >= 11 is 0. The van der Waals surface area contributed by atoms with Gasteiger partial charge in [-0.05, 0) is 17.7 Å². The first kappa shape index (κ1) is 15.0. The predicted molar refractivity (Wildman–Crippen MR) is 93.9 cm³/mol. The second-order valence-electron chi connectivity index (χ2n) is 5.22. The van der Waals surface area contributed by atoms with Gasteiger partial charge in [0.15, 0.2) is 0 Å². The van der Waals surface area contributed by atoms with Crippen LogP contribution in [0.4, 0.5) is 5.69 Å². The van der Waals surface area contributed by atoms with Crippen molar-refractivity contribution in [3.63, 3.8) is 0 Å². The second kappa shape index (κ2) is 6.88. The molecule has 2 N–H and O–H groups in total. The molecule has 0 aliphatic rings. The maximum atomic E-state index is 10.0.